The molecule has 1 aliphatic rings. The van der Waals surface area contributed by atoms with Crippen LogP contribution in [-0.4, -0.2) is 25.4 Å². The molecule has 0 aliphatic carbocycles. The van der Waals surface area contributed by atoms with E-state index in [9.17, 15) is 17.6 Å². The maximum atomic E-state index is 13.3. The molecule has 1 unspecified atom stereocenters. The second-order valence-electron chi connectivity index (χ2n) is 5.05. The molecular formula is C13H15F4NO2. The Morgan fingerprint density at radius 2 is 2.00 bits per heavy atom. The number of hydrogen-bond donors (Lipinski definition) is 1. The average Bonchev–Trinajstić information content (AvgIpc) is 2.33. The van der Waals surface area contributed by atoms with E-state index in [0.717, 1.165) is 6.07 Å². The largest absolute Gasteiger partial charge is 0.496 e. The minimum atomic E-state index is -4.57. The van der Waals surface area contributed by atoms with Crippen LogP contribution in [0.3, 0.4) is 0 Å². The third-order valence-electron chi connectivity index (χ3n) is 3.62. The van der Waals surface area contributed by atoms with Crippen LogP contribution >= 0.6 is 0 Å². The van der Waals surface area contributed by atoms with Crippen molar-refractivity contribution in [3.63, 3.8) is 0 Å². The molecule has 2 atom stereocenters. The normalized spacial score (nSPS) is 29.9. The molecule has 1 aromatic carbocycles. The summed E-state index contributed by atoms with van der Waals surface area (Å²) in [6, 6.07) is 3.65. The highest BCUT2D eigenvalue weighted by molar-refractivity contribution is 5.40. The highest BCUT2D eigenvalue weighted by atomic mass is 19.4. The molecule has 1 heterocycles. The van der Waals surface area contributed by atoms with Gasteiger partial charge in [0, 0.05) is 18.5 Å². The lowest BCUT2D eigenvalue weighted by Crippen LogP contribution is -2.67. The van der Waals surface area contributed by atoms with Crippen molar-refractivity contribution >= 4 is 0 Å². The summed E-state index contributed by atoms with van der Waals surface area (Å²) in [5, 5.41) is 0. The summed E-state index contributed by atoms with van der Waals surface area (Å²) in [7, 11) is 1.36. The van der Waals surface area contributed by atoms with Gasteiger partial charge >= 0.3 is 6.18 Å². The smallest absolute Gasteiger partial charge is 0.418 e. The zero-order valence-corrected chi connectivity index (χ0v) is 11.1. The number of nitrogens with two attached hydrogens (primary N) is 1. The molecule has 7 heteroatoms. The maximum Gasteiger partial charge on any atom is 0.418 e. The molecule has 0 bridgehead atoms. The standard InChI is InChI=1S/C13H15F4NO2/c1-11(6-12(7-18,20-11)13(15,16)17)9-5-8(14)3-4-10(9)19-2/h3-5H,6-7,18H2,1-2H3/t11?,12-/m1/s1. The van der Waals surface area contributed by atoms with Gasteiger partial charge in [0.05, 0.1) is 12.7 Å². The van der Waals surface area contributed by atoms with Gasteiger partial charge < -0.3 is 15.2 Å². The van der Waals surface area contributed by atoms with Crippen molar-refractivity contribution in [3.8, 4) is 5.75 Å². The Hall–Kier alpha value is -1.34. The fourth-order valence-corrected chi connectivity index (χ4v) is 2.60. The molecule has 1 aliphatic heterocycles. The van der Waals surface area contributed by atoms with E-state index in [2.05, 4.69) is 0 Å². The molecule has 3 nitrogen and oxygen atoms in total. The number of rotatable bonds is 3. The molecule has 2 rings (SSSR count). The van der Waals surface area contributed by atoms with E-state index in [1.165, 1.54) is 26.2 Å². The van der Waals surface area contributed by atoms with Crippen LogP contribution < -0.4 is 10.5 Å². The van der Waals surface area contributed by atoms with Crippen LogP contribution in [0, 0.1) is 5.82 Å². The molecule has 1 fully saturated rings. The van der Waals surface area contributed by atoms with Crippen molar-refractivity contribution in [1.82, 2.24) is 0 Å². The number of benzene rings is 1. The predicted octanol–water partition coefficient (Wildman–Crippen LogP) is 2.73. The molecule has 0 aromatic heterocycles. The van der Waals surface area contributed by atoms with Crippen LogP contribution in [0.1, 0.15) is 18.9 Å². The van der Waals surface area contributed by atoms with Gasteiger partial charge in [-0.1, -0.05) is 0 Å². The first-order chi connectivity index (χ1) is 9.17. The number of hydrogen-bond acceptors (Lipinski definition) is 3. The third kappa shape index (κ3) is 2.14. The van der Waals surface area contributed by atoms with Crippen LogP contribution in [0.5, 0.6) is 5.75 Å². The lowest BCUT2D eigenvalue weighted by Gasteiger charge is -2.54. The number of alkyl halides is 3. The van der Waals surface area contributed by atoms with Crippen LogP contribution in [0.15, 0.2) is 18.2 Å². The van der Waals surface area contributed by atoms with Crippen molar-refractivity contribution in [2.45, 2.75) is 30.7 Å². The Balaban J connectivity index is 2.35. The fraction of sp³-hybridized carbons (Fsp3) is 0.538. The highest BCUT2D eigenvalue weighted by Crippen LogP contribution is 2.56. The molecule has 0 saturated carbocycles. The quantitative estimate of drug-likeness (QED) is 0.872. The van der Waals surface area contributed by atoms with E-state index in [1.807, 2.05) is 0 Å². The van der Waals surface area contributed by atoms with Gasteiger partial charge in [0.15, 0.2) is 5.60 Å². The zero-order chi connectivity index (χ0) is 15.2. The Morgan fingerprint density at radius 1 is 1.40 bits per heavy atom. The van der Waals surface area contributed by atoms with Crippen LogP contribution in [0.4, 0.5) is 17.6 Å². The van der Waals surface area contributed by atoms with Crippen LogP contribution in [0.25, 0.3) is 0 Å². The van der Waals surface area contributed by atoms with E-state index in [4.69, 9.17) is 15.2 Å². The Morgan fingerprint density at radius 3 is 2.45 bits per heavy atom. The van der Waals surface area contributed by atoms with E-state index in [1.54, 1.807) is 0 Å². The van der Waals surface area contributed by atoms with Crippen LogP contribution in [-0.2, 0) is 10.3 Å². The van der Waals surface area contributed by atoms with Gasteiger partial charge in [0.1, 0.15) is 11.6 Å². The van der Waals surface area contributed by atoms with Gasteiger partial charge in [-0.25, -0.2) is 4.39 Å². The second kappa shape index (κ2) is 4.60. The van der Waals surface area contributed by atoms with Gasteiger partial charge in [0.25, 0.3) is 0 Å². The molecular weight excluding hydrogens is 278 g/mol. The van der Waals surface area contributed by atoms with Crippen molar-refractivity contribution in [1.29, 1.82) is 0 Å². The van der Waals surface area contributed by atoms with Crippen molar-refractivity contribution in [3.05, 3.63) is 29.6 Å². The summed E-state index contributed by atoms with van der Waals surface area (Å²) in [5.41, 5.74) is 1.80. The number of methoxy groups -OCH3 is 1. The zero-order valence-electron chi connectivity index (χ0n) is 11.1. The summed E-state index contributed by atoms with van der Waals surface area (Å²) >= 11 is 0. The lowest BCUT2D eigenvalue weighted by atomic mass is 9.75. The van der Waals surface area contributed by atoms with Gasteiger partial charge in [-0.15, -0.1) is 0 Å². The van der Waals surface area contributed by atoms with E-state index < -0.39 is 29.7 Å². The second-order valence-corrected chi connectivity index (χ2v) is 5.05. The third-order valence-corrected chi connectivity index (χ3v) is 3.62. The molecule has 0 spiro atoms. The maximum absolute atomic E-state index is 13.3. The summed E-state index contributed by atoms with van der Waals surface area (Å²) < 4.78 is 62.4. The van der Waals surface area contributed by atoms with Crippen molar-refractivity contribution < 1.29 is 27.0 Å². The highest BCUT2D eigenvalue weighted by Gasteiger charge is 2.68. The SMILES string of the molecule is COc1ccc(F)cc1C1(C)C[C@@](CN)(C(F)(F)F)O1. The number of ether oxygens (including phenoxy) is 2. The molecule has 0 amide bonds. The fourth-order valence-electron chi connectivity index (χ4n) is 2.60. The van der Waals surface area contributed by atoms with Crippen LogP contribution in [0.2, 0.25) is 0 Å². The van der Waals surface area contributed by atoms with Gasteiger partial charge in [-0.3, -0.25) is 0 Å². The minimum Gasteiger partial charge on any atom is -0.496 e. The molecule has 20 heavy (non-hydrogen) atoms. The average molecular weight is 293 g/mol. The number of halogens is 4. The summed E-state index contributed by atoms with van der Waals surface area (Å²) in [6.45, 7) is 0.785. The van der Waals surface area contributed by atoms with Gasteiger partial charge in [-0.05, 0) is 25.1 Å². The molecule has 1 aromatic rings. The Bertz CT molecular complexity index is 510. The monoisotopic (exact) mass is 293 g/mol. The Kier molecular flexibility index (Phi) is 3.46. The van der Waals surface area contributed by atoms with Crippen molar-refractivity contribution in [2.24, 2.45) is 5.73 Å². The van der Waals surface area contributed by atoms with Crippen molar-refractivity contribution in [2.75, 3.05) is 13.7 Å². The first-order valence-corrected chi connectivity index (χ1v) is 5.98. The van der Waals surface area contributed by atoms with Gasteiger partial charge in [0.2, 0.25) is 0 Å². The van der Waals surface area contributed by atoms with Gasteiger partial charge in [-0.2, -0.15) is 13.2 Å². The van der Waals surface area contributed by atoms with E-state index >= 15 is 0 Å². The van der Waals surface area contributed by atoms with E-state index in [0.29, 0.717) is 0 Å². The van der Waals surface area contributed by atoms with E-state index in [-0.39, 0.29) is 17.7 Å². The lowest BCUT2D eigenvalue weighted by molar-refractivity contribution is -0.381. The molecule has 1 saturated heterocycles. The molecule has 2 N–H and O–H groups in total. The summed E-state index contributed by atoms with van der Waals surface area (Å²) in [4.78, 5) is 0. The predicted molar refractivity (Wildman–Crippen MR) is 63.8 cm³/mol. The molecule has 112 valence electrons. The molecule has 0 radical (unpaired) electrons. The topological polar surface area (TPSA) is 44.5 Å². The summed E-state index contributed by atoms with van der Waals surface area (Å²) in [6.07, 6.45) is -4.94. The summed E-state index contributed by atoms with van der Waals surface area (Å²) in [5.74, 6) is -0.287. The first kappa shape index (κ1) is 15.1. The minimum absolute atomic E-state index is 0.244. The first-order valence-electron chi connectivity index (χ1n) is 5.98. The Labute approximate surface area is 113 Å².